The zero-order valence-corrected chi connectivity index (χ0v) is 10.8. The Kier molecular flexibility index (Phi) is 3.08. The number of carbonyl (C=O) groups is 1. The molecule has 0 aromatic heterocycles. The molecule has 3 rings (SSSR count). The number of nitrogens with one attached hydrogen (secondary N) is 1. The van der Waals surface area contributed by atoms with E-state index in [2.05, 4.69) is 40.5 Å². The monoisotopic (exact) mass is 244 g/mol. The number of carbonyl (C=O) groups excluding carboxylic acids is 1. The number of rotatable bonds is 4. The Bertz CT molecular complexity index is 419. The van der Waals surface area contributed by atoms with E-state index in [1.807, 2.05) is 6.92 Å². The number of piperidine rings is 1. The fourth-order valence-corrected chi connectivity index (χ4v) is 3.09. The lowest BCUT2D eigenvalue weighted by Gasteiger charge is -2.19. The van der Waals surface area contributed by atoms with Crippen LogP contribution in [0.1, 0.15) is 18.9 Å². The third-order valence-corrected chi connectivity index (χ3v) is 4.17. The second-order valence-corrected chi connectivity index (χ2v) is 5.45. The van der Waals surface area contributed by atoms with Crippen molar-refractivity contribution < 1.29 is 4.79 Å². The number of amides is 1. The normalized spacial score (nSPS) is 29.9. The summed E-state index contributed by atoms with van der Waals surface area (Å²) in [5.74, 6) is 1.59. The van der Waals surface area contributed by atoms with Crippen LogP contribution in [0.5, 0.6) is 0 Å². The van der Waals surface area contributed by atoms with Crippen LogP contribution < -0.4 is 5.32 Å². The molecule has 1 amide bonds. The Morgan fingerprint density at radius 1 is 1.28 bits per heavy atom. The molecule has 2 atom stereocenters. The lowest BCUT2D eigenvalue weighted by Crippen LogP contribution is -2.34. The summed E-state index contributed by atoms with van der Waals surface area (Å²) in [4.78, 5) is 13.8. The first-order chi connectivity index (χ1) is 8.78. The fourth-order valence-electron chi connectivity index (χ4n) is 3.09. The minimum absolute atomic E-state index is 0.198. The summed E-state index contributed by atoms with van der Waals surface area (Å²) in [6, 6.07) is 11.1. The van der Waals surface area contributed by atoms with Crippen molar-refractivity contribution in [3.63, 3.8) is 0 Å². The van der Waals surface area contributed by atoms with Gasteiger partial charge in [-0.3, -0.25) is 9.69 Å². The largest absolute Gasteiger partial charge is 0.353 e. The Labute approximate surface area is 108 Å². The first-order valence-electron chi connectivity index (χ1n) is 6.83. The molecule has 1 aromatic rings. The molecule has 1 saturated heterocycles. The van der Waals surface area contributed by atoms with E-state index in [0.29, 0.717) is 24.3 Å². The quantitative estimate of drug-likeness (QED) is 0.873. The van der Waals surface area contributed by atoms with Crippen LogP contribution in [0.2, 0.25) is 0 Å². The van der Waals surface area contributed by atoms with Crippen molar-refractivity contribution in [2.24, 2.45) is 11.8 Å². The Balaban J connectivity index is 1.48. The summed E-state index contributed by atoms with van der Waals surface area (Å²) in [6.45, 7) is 5.22. The predicted octanol–water partition coefficient (Wildman–Crippen LogP) is 1.64. The number of likely N-dealkylation sites (tertiary alicyclic amines) is 1. The van der Waals surface area contributed by atoms with Gasteiger partial charge in [0.2, 0.25) is 5.91 Å². The van der Waals surface area contributed by atoms with Gasteiger partial charge in [-0.2, -0.15) is 0 Å². The topological polar surface area (TPSA) is 32.3 Å². The van der Waals surface area contributed by atoms with E-state index in [9.17, 15) is 4.79 Å². The zero-order valence-electron chi connectivity index (χ0n) is 10.8. The Morgan fingerprint density at radius 3 is 2.56 bits per heavy atom. The summed E-state index contributed by atoms with van der Waals surface area (Å²) in [6.07, 6.45) is 0.601. The average Bonchev–Trinajstić information content (AvgIpc) is 2.85. The second kappa shape index (κ2) is 4.73. The fraction of sp³-hybridized carbons (Fsp3) is 0.533. The minimum Gasteiger partial charge on any atom is -0.353 e. The molecule has 1 aliphatic heterocycles. The van der Waals surface area contributed by atoms with Gasteiger partial charge in [0.25, 0.3) is 0 Å². The van der Waals surface area contributed by atoms with Crippen LogP contribution in [0, 0.1) is 11.8 Å². The lowest BCUT2D eigenvalue weighted by molar-refractivity contribution is -0.121. The van der Waals surface area contributed by atoms with Crippen molar-refractivity contribution in [1.29, 1.82) is 0 Å². The predicted molar refractivity (Wildman–Crippen MR) is 70.9 cm³/mol. The van der Waals surface area contributed by atoms with Gasteiger partial charge in [0.05, 0.1) is 0 Å². The molecule has 1 heterocycles. The first kappa shape index (κ1) is 11.7. The van der Waals surface area contributed by atoms with E-state index in [4.69, 9.17) is 0 Å². The van der Waals surface area contributed by atoms with Gasteiger partial charge in [0.15, 0.2) is 0 Å². The van der Waals surface area contributed by atoms with Gasteiger partial charge in [0, 0.05) is 32.1 Å². The van der Waals surface area contributed by atoms with Crippen LogP contribution in [0.3, 0.4) is 0 Å². The average molecular weight is 244 g/mol. The molecule has 2 unspecified atom stereocenters. The van der Waals surface area contributed by atoms with Gasteiger partial charge >= 0.3 is 0 Å². The van der Waals surface area contributed by atoms with E-state index in [1.165, 1.54) is 5.56 Å². The van der Waals surface area contributed by atoms with E-state index >= 15 is 0 Å². The first-order valence-corrected chi connectivity index (χ1v) is 6.83. The Morgan fingerprint density at radius 2 is 1.94 bits per heavy atom. The lowest BCUT2D eigenvalue weighted by atomic mass is 10.2. The third-order valence-electron chi connectivity index (χ3n) is 4.17. The van der Waals surface area contributed by atoms with Crippen LogP contribution in [-0.4, -0.2) is 29.9 Å². The summed E-state index contributed by atoms with van der Waals surface area (Å²) in [5, 5.41) is 3.12. The minimum atomic E-state index is 0.198. The molecule has 18 heavy (non-hydrogen) atoms. The van der Waals surface area contributed by atoms with Crippen LogP contribution in [0.25, 0.3) is 0 Å². The number of hydrogen-bond acceptors (Lipinski definition) is 2. The molecule has 0 spiro atoms. The molecule has 0 bridgehead atoms. The third kappa shape index (κ3) is 2.27. The smallest absolute Gasteiger partial charge is 0.219 e. The number of fused-ring (bicyclic) bond motifs is 1. The second-order valence-electron chi connectivity index (χ2n) is 5.45. The van der Waals surface area contributed by atoms with Gasteiger partial charge in [0.1, 0.15) is 0 Å². The van der Waals surface area contributed by atoms with E-state index in [1.54, 1.807) is 0 Å². The molecule has 0 radical (unpaired) electrons. The standard InChI is InChI=1S/C15H20N2O/c1-2-14(18)16-15-12-9-17(10-13(12)15)8-11-6-4-3-5-7-11/h3-7,12-13,15H,2,8-10H2,1H3,(H,16,18). The maximum atomic E-state index is 11.3. The molecule has 3 nitrogen and oxygen atoms in total. The molecule has 96 valence electrons. The number of nitrogens with zero attached hydrogens (tertiary/aromatic N) is 1. The summed E-state index contributed by atoms with van der Waals surface area (Å²) in [7, 11) is 0. The molecule has 1 aromatic carbocycles. The van der Waals surface area contributed by atoms with Crippen LogP contribution in [-0.2, 0) is 11.3 Å². The van der Waals surface area contributed by atoms with Crippen LogP contribution >= 0.6 is 0 Å². The maximum absolute atomic E-state index is 11.3. The van der Waals surface area contributed by atoms with Crippen molar-refractivity contribution in [3.8, 4) is 0 Å². The van der Waals surface area contributed by atoms with E-state index in [-0.39, 0.29) is 5.91 Å². The van der Waals surface area contributed by atoms with Gasteiger partial charge in [-0.1, -0.05) is 37.3 Å². The van der Waals surface area contributed by atoms with Crippen molar-refractivity contribution in [2.75, 3.05) is 13.1 Å². The van der Waals surface area contributed by atoms with Crippen molar-refractivity contribution in [1.82, 2.24) is 10.2 Å². The van der Waals surface area contributed by atoms with Gasteiger partial charge in [-0.05, 0) is 17.4 Å². The van der Waals surface area contributed by atoms with Gasteiger partial charge in [-0.25, -0.2) is 0 Å². The van der Waals surface area contributed by atoms with E-state index < -0.39 is 0 Å². The zero-order chi connectivity index (χ0) is 12.5. The number of benzene rings is 1. The van der Waals surface area contributed by atoms with Crippen LogP contribution in [0.4, 0.5) is 0 Å². The summed E-state index contributed by atoms with van der Waals surface area (Å²) < 4.78 is 0. The highest BCUT2D eigenvalue weighted by Crippen LogP contribution is 2.45. The number of hydrogen-bond donors (Lipinski definition) is 1. The molecule has 2 fully saturated rings. The Hall–Kier alpha value is -1.35. The SMILES string of the molecule is CCC(=O)NC1C2CN(Cc3ccccc3)CC21. The molecule has 3 heteroatoms. The van der Waals surface area contributed by atoms with Crippen LogP contribution in [0.15, 0.2) is 30.3 Å². The molecule has 2 aliphatic rings. The molecule has 1 aliphatic carbocycles. The van der Waals surface area contributed by atoms with Crippen molar-refractivity contribution in [3.05, 3.63) is 35.9 Å². The molecule has 1 saturated carbocycles. The van der Waals surface area contributed by atoms with E-state index in [0.717, 1.165) is 19.6 Å². The molecular formula is C15H20N2O. The highest BCUT2D eigenvalue weighted by Gasteiger charge is 2.55. The summed E-state index contributed by atoms with van der Waals surface area (Å²) >= 11 is 0. The van der Waals surface area contributed by atoms with Gasteiger partial charge in [-0.15, -0.1) is 0 Å². The molecular weight excluding hydrogens is 224 g/mol. The van der Waals surface area contributed by atoms with Crippen molar-refractivity contribution in [2.45, 2.75) is 25.9 Å². The maximum Gasteiger partial charge on any atom is 0.219 e. The summed E-state index contributed by atoms with van der Waals surface area (Å²) in [5.41, 5.74) is 1.38. The van der Waals surface area contributed by atoms with Gasteiger partial charge < -0.3 is 5.32 Å². The highest BCUT2D eigenvalue weighted by atomic mass is 16.1. The highest BCUT2D eigenvalue weighted by molar-refractivity contribution is 5.76. The van der Waals surface area contributed by atoms with Crippen molar-refractivity contribution >= 4 is 5.91 Å². The molecule has 1 N–H and O–H groups in total.